The molecule has 72 heavy (non-hydrogen) atoms. The third kappa shape index (κ3) is 57.0. The van der Waals surface area contributed by atoms with E-state index in [0.717, 1.165) is 103 Å². The number of ether oxygens (including phenoxy) is 3. The van der Waals surface area contributed by atoms with Gasteiger partial charge in [-0.2, -0.15) is 0 Å². The molecule has 0 aliphatic heterocycles. The van der Waals surface area contributed by atoms with Crippen LogP contribution >= 0.6 is 0 Å². The molecule has 0 saturated carbocycles. The Hall–Kier alpha value is -3.93. The Morgan fingerprint density at radius 2 is 0.597 bits per heavy atom. The Morgan fingerprint density at radius 3 is 1.01 bits per heavy atom. The van der Waals surface area contributed by atoms with Crippen molar-refractivity contribution in [2.75, 3.05) is 13.2 Å². The molecule has 0 aliphatic carbocycles. The second kappa shape index (κ2) is 59.6. The normalized spacial score (nSPS) is 12.9. The van der Waals surface area contributed by atoms with Gasteiger partial charge in [-0.25, -0.2) is 0 Å². The van der Waals surface area contributed by atoms with Gasteiger partial charge in [-0.1, -0.05) is 246 Å². The van der Waals surface area contributed by atoms with Gasteiger partial charge in [0.1, 0.15) is 13.2 Å². The summed E-state index contributed by atoms with van der Waals surface area (Å²) in [6.07, 6.45) is 80.8. The van der Waals surface area contributed by atoms with E-state index in [4.69, 9.17) is 14.2 Å². The van der Waals surface area contributed by atoms with Crippen LogP contribution < -0.4 is 0 Å². The summed E-state index contributed by atoms with van der Waals surface area (Å²) >= 11 is 0. The van der Waals surface area contributed by atoms with E-state index in [1.165, 1.54) is 122 Å². The maximum absolute atomic E-state index is 12.9. The average Bonchev–Trinajstić information content (AvgIpc) is 3.38. The Labute approximate surface area is 444 Å². The number of unbranched alkanes of at least 4 members (excludes halogenated alkanes) is 25. The fraction of sp³-hybridized carbons (Fsp3) is 0.682. The van der Waals surface area contributed by atoms with E-state index < -0.39 is 6.10 Å². The van der Waals surface area contributed by atoms with Crippen LogP contribution in [0.3, 0.4) is 0 Å². The van der Waals surface area contributed by atoms with Crippen molar-refractivity contribution in [3.8, 4) is 0 Å². The molecule has 0 amide bonds. The molecule has 0 saturated heterocycles. The summed E-state index contributed by atoms with van der Waals surface area (Å²) in [6.45, 7) is 6.44. The molecule has 0 radical (unpaired) electrons. The molecular formula is C66H110O6. The maximum atomic E-state index is 12.9. The van der Waals surface area contributed by atoms with Crippen LogP contribution in [0.25, 0.3) is 0 Å². The van der Waals surface area contributed by atoms with Gasteiger partial charge in [-0.3, -0.25) is 14.4 Å². The quantitative estimate of drug-likeness (QED) is 0.0199. The standard InChI is InChI=1S/C66H110O6/c1-4-7-10-13-16-19-22-25-28-31-33-36-38-41-44-47-50-53-56-59-65(68)71-62-63(61-70-64(67)58-55-52-49-46-43-40-37-34-30-27-24-21-18-15-12-9-6-3)72-66(69)60-57-54-51-48-45-42-39-35-32-29-26-23-20-17-14-11-8-5-2/h7,10,16,18-19,21,25,27-30,32,35,37,39-40,46,49,63H,4-6,8-9,11-15,17,20,22-24,26,31,33-34,36,38,41-45,47-48,50-62H2,1-3H3/b10-7-,19-16-,21-18-,28-25-,30-27-,32-29-,39-35-,40-37-,49-46-. The minimum atomic E-state index is -0.813. The monoisotopic (exact) mass is 999 g/mol. The summed E-state index contributed by atoms with van der Waals surface area (Å²) in [5, 5.41) is 0. The molecule has 410 valence electrons. The predicted molar refractivity (Wildman–Crippen MR) is 311 cm³/mol. The van der Waals surface area contributed by atoms with E-state index in [-0.39, 0.29) is 37.5 Å². The van der Waals surface area contributed by atoms with Gasteiger partial charge in [0.25, 0.3) is 0 Å². The number of hydrogen-bond donors (Lipinski definition) is 0. The van der Waals surface area contributed by atoms with E-state index in [0.29, 0.717) is 19.3 Å². The molecule has 0 rings (SSSR count). The average molecular weight is 1000 g/mol. The van der Waals surface area contributed by atoms with Crippen molar-refractivity contribution in [3.63, 3.8) is 0 Å². The zero-order valence-corrected chi connectivity index (χ0v) is 46.9. The first-order chi connectivity index (χ1) is 35.5. The topological polar surface area (TPSA) is 78.9 Å². The van der Waals surface area contributed by atoms with Crippen LogP contribution in [0.15, 0.2) is 109 Å². The molecule has 0 fully saturated rings. The Morgan fingerprint density at radius 1 is 0.306 bits per heavy atom. The summed E-state index contributed by atoms with van der Waals surface area (Å²) in [7, 11) is 0. The zero-order chi connectivity index (χ0) is 52.2. The molecule has 0 heterocycles. The van der Waals surface area contributed by atoms with Crippen molar-refractivity contribution in [1.82, 2.24) is 0 Å². The first-order valence-corrected chi connectivity index (χ1v) is 29.9. The van der Waals surface area contributed by atoms with Gasteiger partial charge >= 0.3 is 17.9 Å². The molecule has 0 bridgehead atoms. The van der Waals surface area contributed by atoms with Crippen LogP contribution in [0.5, 0.6) is 0 Å². The molecule has 0 aromatic rings. The van der Waals surface area contributed by atoms with Gasteiger partial charge in [0, 0.05) is 19.3 Å². The minimum absolute atomic E-state index is 0.105. The zero-order valence-electron chi connectivity index (χ0n) is 46.9. The SMILES string of the molecule is CC/C=C\C/C=C\C/C=C\CCCCCCCCCCCC(=O)OCC(COC(=O)CCC/C=C\C/C=C\C/C=C\C/C=C\CCCCC)OC(=O)CCCCCCC/C=C\C=C/CCCCCCCCC. The number of carbonyl (C=O) groups is 3. The molecule has 0 aliphatic rings. The highest BCUT2D eigenvalue weighted by molar-refractivity contribution is 5.71. The molecular weight excluding hydrogens is 889 g/mol. The summed E-state index contributed by atoms with van der Waals surface area (Å²) in [5.41, 5.74) is 0. The Kier molecular flexibility index (Phi) is 56.4. The minimum Gasteiger partial charge on any atom is -0.462 e. The number of carbonyl (C=O) groups excluding carboxylic acids is 3. The molecule has 0 N–H and O–H groups in total. The lowest BCUT2D eigenvalue weighted by Gasteiger charge is -2.18. The van der Waals surface area contributed by atoms with E-state index in [9.17, 15) is 14.4 Å². The number of rotatable bonds is 53. The molecule has 6 nitrogen and oxygen atoms in total. The molecule has 1 unspecified atom stereocenters. The second-order valence-corrected chi connectivity index (χ2v) is 19.5. The predicted octanol–water partition coefficient (Wildman–Crippen LogP) is 20.3. The van der Waals surface area contributed by atoms with Gasteiger partial charge < -0.3 is 14.2 Å². The van der Waals surface area contributed by atoms with E-state index in [1.54, 1.807) is 0 Å². The molecule has 0 aromatic heterocycles. The number of allylic oxidation sites excluding steroid dienone is 18. The molecule has 0 spiro atoms. The third-order valence-electron chi connectivity index (χ3n) is 12.5. The Bertz CT molecular complexity index is 1470. The lowest BCUT2D eigenvalue weighted by molar-refractivity contribution is -0.167. The Balaban J connectivity index is 4.50. The summed E-state index contributed by atoms with van der Waals surface area (Å²) in [4.78, 5) is 38.2. The largest absolute Gasteiger partial charge is 0.462 e. The van der Waals surface area contributed by atoms with Gasteiger partial charge in [0.15, 0.2) is 6.10 Å². The third-order valence-corrected chi connectivity index (χ3v) is 12.5. The van der Waals surface area contributed by atoms with Gasteiger partial charge in [-0.05, 0) is 116 Å². The highest BCUT2D eigenvalue weighted by Crippen LogP contribution is 2.14. The van der Waals surface area contributed by atoms with Crippen LogP contribution in [-0.4, -0.2) is 37.2 Å². The first-order valence-electron chi connectivity index (χ1n) is 29.9. The van der Waals surface area contributed by atoms with Gasteiger partial charge in [0.2, 0.25) is 0 Å². The van der Waals surface area contributed by atoms with Crippen molar-refractivity contribution in [3.05, 3.63) is 109 Å². The molecule has 1 atom stereocenters. The van der Waals surface area contributed by atoms with Gasteiger partial charge in [0.05, 0.1) is 0 Å². The van der Waals surface area contributed by atoms with Crippen LogP contribution in [0.4, 0.5) is 0 Å². The highest BCUT2D eigenvalue weighted by atomic mass is 16.6. The fourth-order valence-corrected chi connectivity index (χ4v) is 8.03. The highest BCUT2D eigenvalue weighted by Gasteiger charge is 2.19. The number of esters is 3. The van der Waals surface area contributed by atoms with Crippen LogP contribution in [0.2, 0.25) is 0 Å². The second-order valence-electron chi connectivity index (χ2n) is 19.5. The smallest absolute Gasteiger partial charge is 0.306 e. The van der Waals surface area contributed by atoms with Crippen LogP contribution in [0, 0.1) is 0 Å². The van der Waals surface area contributed by atoms with Crippen molar-refractivity contribution >= 4 is 17.9 Å². The lowest BCUT2D eigenvalue weighted by atomic mass is 10.1. The molecule has 0 aromatic carbocycles. The summed E-state index contributed by atoms with van der Waals surface area (Å²) < 4.78 is 16.8. The molecule has 6 heteroatoms. The van der Waals surface area contributed by atoms with E-state index >= 15 is 0 Å². The summed E-state index contributed by atoms with van der Waals surface area (Å²) in [5.74, 6) is -0.981. The maximum Gasteiger partial charge on any atom is 0.306 e. The van der Waals surface area contributed by atoms with Crippen molar-refractivity contribution < 1.29 is 28.6 Å². The first kappa shape index (κ1) is 68.1. The lowest BCUT2D eigenvalue weighted by Crippen LogP contribution is -2.30. The van der Waals surface area contributed by atoms with Crippen molar-refractivity contribution in [2.24, 2.45) is 0 Å². The van der Waals surface area contributed by atoms with E-state index in [1.807, 2.05) is 0 Å². The number of hydrogen-bond acceptors (Lipinski definition) is 6. The van der Waals surface area contributed by atoms with Gasteiger partial charge in [-0.15, -0.1) is 0 Å². The summed E-state index contributed by atoms with van der Waals surface area (Å²) in [6, 6.07) is 0. The fourth-order valence-electron chi connectivity index (χ4n) is 8.03. The van der Waals surface area contributed by atoms with E-state index in [2.05, 4.69) is 130 Å². The van der Waals surface area contributed by atoms with Crippen LogP contribution in [-0.2, 0) is 28.6 Å². The van der Waals surface area contributed by atoms with Crippen molar-refractivity contribution in [1.29, 1.82) is 0 Å². The van der Waals surface area contributed by atoms with Crippen LogP contribution in [0.1, 0.15) is 271 Å². The van der Waals surface area contributed by atoms with Crippen molar-refractivity contribution in [2.45, 2.75) is 277 Å².